The Kier molecular flexibility index (Phi) is 3.31. The number of hydrogen-bond donors (Lipinski definition) is 2. The number of fused-ring (bicyclic) bond motifs is 1. The summed E-state index contributed by atoms with van der Waals surface area (Å²) in [6.07, 6.45) is 0.303. The Morgan fingerprint density at radius 2 is 2.19 bits per heavy atom. The van der Waals surface area contributed by atoms with Crippen molar-refractivity contribution in [3.05, 3.63) is 28.3 Å². The first-order valence-electron chi connectivity index (χ1n) is 6.99. The van der Waals surface area contributed by atoms with Gasteiger partial charge in [0.15, 0.2) is 5.96 Å². The molecule has 2 N–H and O–H groups in total. The molecule has 21 heavy (non-hydrogen) atoms. The molecule has 3 rings (SSSR count). The van der Waals surface area contributed by atoms with E-state index in [2.05, 4.69) is 6.07 Å². The Hall–Kier alpha value is -1.77. The highest BCUT2D eigenvalue weighted by Gasteiger charge is 2.48. The summed E-state index contributed by atoms with van der Waals surface area (Å²) in [5, 5.41) is 28.0. The zero-order chi connectivity index (χ0) is 15.3. The normalized spacial score (nSPS) is 28.0. The zero-order valence-corrected chi connectivity index (χ0v) is 12.7. The van der Waals surface area contributed by atoms with Crippen molar-refractivity contribution in [2.75, 3.05) is 11.4 Å². The quantitative estimate of drug-likeness (QED) is 0.833. The molecule has 0 aliphatic carbocycles. The van der Waals surface area contributed by atoms with Gasteiger partial charge in [-0.05, 0) is 38.0 Å². The zero-order valence-electron chi connectivity index (χ0n) is 12.0. The van der Waals surface area contributed by atoms with Crippen molar-refractivity contribution in [2.24, 2.45) is 0 Å². The van der Waals surface area contributed by atoms with Gasteiger partial charge in [0, 0.05) is 12.2 Å². The summed E-state index contributed by atoms with van der Waals surface area (Å²) >= 11 is 6.24. The summed E-state index contributed by atoms with van der Waals surface area (Å²) in [5.41, 5.74) is 2.07. The van der Waals surface area contributed by atoms with E-state index in [4.69, 9.17) is 22.3 Å². The van der Waals surface area contributed by atoms with Gasteiger partial charge < -0.3 is 14.9 Å². The molecule has 3 atom stereocenters. The van der Waals surface area contributed by atoms with E-state index >= 15 is 0 Å². The van der Waals surface area contributed by atoms with Crippen LogP contribution in [0.1, 0.15) is 24.5 Å². The summed E-state index contributed by atoms with van der Waals surface area (Å²) < 4.78 is 0. The topological polar surface area (TPSA) is 74.3 Å². The van der Waals surface area contributed by atoms with E-state index in [1.54, 1.807) is 6.07 Å². The number of nitrogens with zero attached hydrogens (tertiary/aromatic N) is 3. The van der Waals surface area contributed by atoms with Crippen LogP contribution >= 0.6 is 11.6 Å². The molecule has 1 aromatic carbocycles. The molecule has 2 saturated heterocycles. The molecule has 0 spiro atoms. The number of aliphatic hydroxyl groups is 1. The van der Waals surface area contributed by atoms with Crippen LogP contribution in [0.2, 0.25) is 5.02 Å². The van der Waals surface area contributed by atoms with Crippen molar-refractivity contribution in [3.8, 4) is 6.07 Å². The molecule has 0 unspecified atom stereocenters. The number of hydrogen-bond acceptors (Lipinski definition) is 3. The third-order valence-electron chi connectivity index (χ3n) is 4.56. The number of aliphatic hydroxyl groups excluding tert-OH is 1. The fraction of sp³-hybridized carbons (Fsp3) is 0.467. The minimum absolute atomic E-state index is 0.00213. The number of guanidine groups is 1. The van der Waals surface area contributed by atoms with E-state index < -0.39 is 6.10 Å². The van der Waals surface area contributed by atoms with Gasteiger partial charge in [0.05, 0.1) is 28.8 Å². The third-order valence-corrected chi connectivity index (χ3v) is 5.05. The van der Waals surface area contributed by atoms with Gasteiger partial charge in [-0.15, -0.1) is 0 Å². The minimum atomic E-state index is -0.403. The van der Waals surface area contributed by atoms with Crippen LogP contribution in [0, 0.1) is 23.7 Å². The lowest BCUT2D eigenvalue weighted by molar-refractivity contribution is 0.138. The molecule has 2 aliphatic rings. The number of benzene rings is 1. The lowest BCUT2D eigenvalue weighted by Gasteiger charge is -2.27. The maximum Gasteiger partial charge on any atom is 0.199 e. The molecule has 2 heterocycles. The second-order valence-electron chi connectivity index (χ2n) is 5.66. The molecule has 0 amide bonds. The van der Waals surface area contributed by atoms with E-state index in [1.807, 2.05) is 29.7 Å². The summed E-state index contributed by atoms with van der Waals surface area (Å²) in [5.74, 6) is 0.396. The SMILES string of the molecule is Cc1c(N2C(=N)N3CC[C@H](O)[C@H]3[C@@H]2C)ccc(C#N)c1Cl. The van der Waals surface area contributed by atoms with Gasteiger partial charge in [0.25, 0.3) is 0 Å². The third kappa shape index (κ3) is 1.90. The smallest absolute Gasteiger partial charge is 0.199 e. The van der Waals surface area contributed by atoms with Crippen LogP contribution in [0.4, 0.5) is 5.69 Å². The molecule has 0 bridgehead atoms. The van der Waals surface area contributed by atoms with E-state index in [9.17, 15) is 5.11 Å². The van der Waals surface area contributed by atoms with E-state index in [-0.39, 0.29) is 12.1 Å². The number of rotatable bonds is 1. The Balaban J connectivity index is 2.04. The lowest BCUT2D eigenvalue weighted by Crippen LogP contribution is -2.39. The molecular formula is C15H17ClN4O. The van der Waals surface area contributed by atoms with Crippen LogP contribution in [0.15, 0.2) is 12.1 Å². The standard InChI is InChI=1S/C15H17ClN4O/c1-8-11(4-3-10(7-17)13(8)16)20-9(2)14-12(21)5-6-19(14)15(20)18/h3-4,9,12,14,18,21H,5-6H2,1-2H3/t9-,12-,14+/m0/s1. The predicted octanol–water partition coefficient (Wildman–Crippen LogP) is 2.10. The first-order valence-corrected chi connectivity index (χ1v) is 7.37. The van der Waals surface area contributed by atoms with Crippen molar-refractivity contribution < 1.29 is 5.11 Å². The molecule has 0 aromatic heterocycles. The maximum absolute atomic E-state index is 10.1. The van der Waals surface area contributed by atoms with Gasteiger partial charge in [-0.3, -0.25) is 5.41 Å². The van der Waals surface area contributed by atoms with Gasteiger partial charge in [-0.1, -0.05) is 11.6 Å². The fourth-order valence-electron chi connectivity index (χ4n) is 3.47. The van der Waals surface area contributed by atoms with Crippen molar-refractivity contribution in [3.63, 3.8) is 0 Å². The minimum Gasteiger partial charge on any atom is -0.391 e. The first kappa shape index (κ1) is 14.2. The van der Waals surface area contributed by atoms with Crippen LogP contribution < -0.4 is 4.90 Å². The highest BCUT2D eigenvalue weighted by molar-refractivity contribution is 6.33. The lowest BCUT2D eigenvalue weighted by atomic mass is 10.0. The summed E-state index contributed by atoms with van der Waals surface area (Å²) in [7, 11) is 0. The van der Waals surface area contributed by atoms with E-state index in [0.717, 1.165) is 11.3 Å². The van der Waals surface area contributed by atoms with Crippen LogP contribution in [0.25, 0.3) is 0 Å². The number of nitrogens with one attached hydrogen (secondary N) is 1. The Bertz CT molecular complexity index is 654. The second-order valence-corrected chi connectivity index (χ2v) is 6.04. The highest BCUT2D eigenvalue weighted by Crippen LogP contribution is 2.38. The summed E-state index contributed by atoms with van der Waals surface area (Å²) in [4.78, 5) is 3.84. The average Bonchev–Trinajstić information content (AvgIpc) is 2.95. The van der Waals surface area contributed by atoms with Gasteiger partial charge in [-0.25, -0.2) is 0 Å². The molecule has 0 saturated carbocycles. The molecule has 0 radical (unpaired) electrons. The van der Waals surface area contributed by atoms with Crippen LogP contribution in [-0.2, 0) is 0 Å². The number of anilines is 1. The van der Waals surface area contributed by atoms with Crippen molar-refractivity contribution in [2.45, 2.75) is 38.5 Å². The van der Waals surface area contributed by atoms with Crippen LogP contribution in [0.5, 0.6) is 0 Å². The van der Waals surface area contributed by atoms with Crippen molar-refractivity contribution in [1.29, 1.82) is 10.7 Å². The molecule has 1 aromatic rings. The molecule has 5 nitrogen and oxygen atoms in total. The Labute approximate surface area is 128 Å². The number of halogens is 1. The predicted molar refractivity (Wildman–Crippen MR) is 81.7 cm³/mol. The van der Waals surface area contributed by atoms with E-state index in [0.29, 0.717) is 29.5 Å². The van der Waals surface area contributed by atoms with Gasteiger partial charge >= 0.3 is 0 Å². The molecule has 6 heteroatoms. The highest BCUT2D eigenvalue weighted by atomic mass is 35.5. The van der Waals surface area contributed by atoms with Gasteiger partial charge in [0.2, 0.25) is 0 Å². The van der Waals surface area contributed by atoms with Crippen molar-refractivity contribution >= 4 is 23.2 Å². The summed E-state index contributed by atoms with van der Waals surface area (Å²) in [6, 6.07) is 5.53. The van der Waals surface area contributed by atoms with Crippen LogP contribution in [0.3, 0.4) is 0 Å². The molecule has 2 fully saturated rings. The molecule has 110 valence electrons. The van der Waals surface area contributed by atoms with E-state index in [1.165, 1.54) is 0 Å². The fourth-order valence-corrected chi connectivity index (χ4v) is 3.67. The average molecular weight is 305 g/mol. The van der Waals surface area contributed by atoms with Gasteiger partial charge in [-0.2, -0.15) is 5.26 Å². The first-order chi connectivity index (χ1) is 9.97. The van der Waals surface area contributed by atoms with Crippen molar-refractivity contribution in [1.82, 2.24) is 4.90 Å². The summed E-state index contributed by atoms with van der Waals surface area (Å²) in [6.45, 7) is 4.58. The maximum atomic E-state index is 10.1. The second kappa shape index (κ2) is 4.90. The Morgan fingerprint density at radius 3 is 2.81 bits per heavy atom. The van der Waals surface area contributed by atoms with Gasteiger partial charge in [0.1, 0.15) is 6.07 Å². The monoisotopic (exact) mass is 304 g/mol. The molecular weight excluding hydrogens is 288 g/mol. The Morgan fingerprint density at radius 1 is 1.48 bits per heavy atom. The molecule has 2 aliphatic heterocycles. The van der Waals surface area contributed by atoms with Crippen LogP contribution in [-0.4, -0.2) is 40.7 Å². The largest absolute Gasteiger partial charge is 0.391 e. The number of nitriles is 1.